The minimum absolute atomic E-state index is 0.00764. The molecule has 4 unspecified atom stereocenters. The van der Waals surface area contributed by atoms with Gasteiger partial charge in [-0.05, 0) is 44.4 Å². The maximum absolute atomic E-state index is 12.7. The van der Waals surface area contributed by atoms with E-state index in [9.17, 15) is 13.6 Å². The number of fused-ring (bicyclic) bond motifs is 2. The number of sulfonamides is 1. The fourth-order valence-corrected chi connectivity index (χ4v) is 6.36. The zero-order valence-electron chi connectivity index (χ0n) is 13.1. The van der Waals surface area contributed by atoms with Crippen LogP contribution in [0.3, 0.4) is 0 Å². The van der Waals surface area contributed by atoms with Crippen molar-refractivity contribution < 1.29 is 13.6 Å². The second-order valence-electron chi connectivity index (χ2n) is 7.90. The average molecular weight is 302 g/mol. The maximum Gasteiger partial charge on any atom is 0.220 e. The molecule has 2 N–H and O–H groups in total. The Hall–Kier alpha value is -0.620. The maximum atomic E-state index is 12.7. The van der Waals surface area contributed by atoms with Gasteiger partial charge in [0.1, 0.15) is 5.25 Å². The molecule has 0 spiro atoms. The average Bonchev–Trinajstić information content (AvgIpc) is 2.72. The van der Waals surface area contributed by atoms with Gasteiger partial charge in [-0.2, -0.15) is 0 Å². The van der Waals surface area contributed by atoms with Crippen molar-refractivity contribution in [3.05, 3.63) is 0 Å². The highest BCUT2D eigenvalue weighted by Crippen LogP contribution is 2.59. The molecule has 116 valence electrons. The SMILES string of the molecule is CC1C2CC(C(S(=O)(=O)NC(C)(C)C)C2=NO)C1(C)C. The topological polar surface area (TPSA) is 78.8 Å². The van der Waals surface area contributed by atoms with E-state index in [0.29, 0.717) is 11.6 Å². The van der Waals surface area contributed by atoms with Gasteiger partial charge in [0.05, 0.1) is 5.71 Å². The molecule has 0 aliphatic heterocycles. The van der Waals surface area contributed by atoms with Crippen LogP contribution in [0.1, 0.15) is 48.0 Å². The lowest BCUT2D eigenvalue weighted by atomic mass is 9.69. The number of nitrogens with one attached hydrogen (secondary N) is 1. The predicted octanol–water partition coefficient (Wildman–Crippen LogP) is 2.22. The largest absolute Gasteiger partial charge is 0.411 e. The third kappa shape index (κ3) is 2.26. The molecule has 2 aliphatic carbocycles. The van der Waals surface area contributed by atoms with E-state index in [-0.39, 0.29) is 17.3 Å². The fraction of sp³-hybridized carbons (Fsp3) is 0.929. The summed E-state index contributed by atoms with van der Waals surface area (Å²) in [4.78, 5) is 0. The highest BCUT2D eigenvalue weighted by molar-refractivity contribution is 7.91. The highest BCUT2D eigenvalue weighted by atomic mass is 32.2. The summed E-state index contributed by atoms with van der Waals surface area (Å²) in [7, 11) is -3.55. The second-order valence-corrected chi connectivity index (χ2v) is 9.70. The van der Waals surface area contributed by atoms with Crippen LogP contribution in [0.25, 0.3) is 0 Å². The summed E-state index contributed by atoms with van der Waals surface area (Å²) in [6, 6.07) is 0. The Labute approximate surface area is 121 Å². The highest BCUT2D eigenvalue weighted by Gasteiger charge is 2.63. The first kappa shape index (κ1) is 15.8. The minimum atomic E-state index is -3.55. The fourth-order valence-electron chi connectivity index (χ4n) is 3.94. The first-order valence-corrected chi connectivity index (χ1v) is 8.71. The molecule has 6 heteroatoms. The van der Waals surface area contributed by atoms with E-state index in [0.717, 1.165) is 6.42 Å². The summed E-state index contributed by atoms with van der Waals surface area (Å²) in [5.41, 5.74) is -0.147. The summed E-state index contributed by atoms with van der Waals surface area (Å²) in [6.07, 6.45) is 0.795. The Balaban J connectivity index is 2.42. The molecule has 0 heterocycles. The van der Waals surface area contributed by atoms with Crippen molar-refractivity contribution in [3.63, 3.8) is 0 Å². The first-order chi connectivity index (χ1) is 8.92. The molecular weight excluding hydrogens is 276 g/mol. The van der Waals surface area contributed by atoms with Crippen LogP contribution < -0.4 is 4.72 Å². The van der Waals surface area contributed by atoms with Gasteiger partial charge < -0.3 is 5.21 Å². The third-order valence-corrected chi connectivity index (χ3v) is 7.31. The van der Waals surface area contributed by atoms with Crippen molar-refractivity contribution in [2.24, 2.45) is 28.3 Å². The van der Waals surface area contributed by atoms with E-state index in [1.807, 2.05) is 20.8 Å². The van der Waals surface area contributed by atoms with Crippen LogP contribution in [0.5, 0.6) is 0 Å². The van der Waals surface area contributed by atoms with Crippen molar-refractivity contribution in [3.8, 4) is 0 Å². The van der Waals surface area contributed by atoms with Crippen molar-refractivity contribution in [1.29, 1.82) is 0 Å². The van der Waals surface area contributed by atoms with Gasteiger partial charge in [-0.1, -0.05) is 25.9 Å². The predicted molar refractivity (Wildman–Crippen MR) is 79.4 cm³/mol. The summed E-state index contributed by atoms with van der Waals surface area (Å²) in [5.74, 6) is 0.411. The molecule has 4 atom stereocenters. The van der Waals surface area contributed by atoms with Gasteiger partial charge in [0, 0.05) is 11.5 Å². The van der Waals surface area contributed by atoms with Crippen LogP contribution in [0, 0.1) is 23.2 Å². The molecule has 0 amide bonds. The van der Waals surface area contributed by atoms with Crippen molar-refractivity contribution in [1.82, 2.24) is 4.72 Å². The smallest absolute Gasteiger partial charge is 0.220 e. The molecule has 2 bridgehead atoms. The summed E-state index contributed by atoms with van der Waals surface area (Å²) < 4.78 is 28.1. The van der Waals surface area contributed by atoms with Gasteiger partial charge in [-0.15, -0.1) is 0 Å². The Kier molecular flexibility index (Phi) is 3.50. The molecule has 5 nitrogen and oxygen atoms in total. The lowest BCUT2D eigenvalue weighted by molar-refractivity contribution is 0.179. The third-order valence-electron chi connectivity index (χ3n) is 5.18. The van der Waals surface area contributed by atoms with Crippen LogP contribution in [-0.2, 0) is 10.0 Å². The lowest BCUT2D eigenvalue weighted by Crippen LogP contribution is -2.54. The number of hydrogen-bond acceptors (Lipinski definition) is 4. The number of nitrogens with zero attached hydrogens (tertiary/aromatic N) is 1. The van der Waals surface area contributed by atoms with Gasteiger partial charge in [-0.3, -0.25) is 0 Å². The van der Waals surface area contributed by atoms with E-state index in [2.05, 4.69) is 30.6 Å². The molecule has 2 rings (SSSR count). The van der Waals surface area contributed by atoms with Crippen LogP contribution >= 0.6 is 0 Å². The Bertz CT molecular complexity index is 531. The van der Waals surface area contributed by atoms with E-state index < -0.39 is 20.8 Å². The van der Waals surface area contributed by atoms with Crippen molar-refractivity contribution in [2.75, 3.05) is 0 Å². The number of oxime groups is 1. The molecule has 0 aromatic carbocycles. The summed E-state index contributed by atoms with van der Waals surface area (Å²) in [6.45, 7) is 11.8. The van der Waals surface area contributed by atoms with Crippen molar-refractivity contribution in [2.45, 2.75) is 58.8 Å². The molecule has 2 saturated carbocycles. The Morgan fingerprint density at radius 3 is 2.35 bits per heavy atom. The van der Waals surface area contributed by atoms with Gasteiger partial charge in [-0.25, -0.2) is 13.1 Å². The zero-order valence-corrected chi connectivity index (χ0v) is 14.0. The van der Waals surface area contributed by atoms with Gasteiger partial charge in [0.15, 0.2) is 0 Å². The van der Waals surface area contributed by atoms with E-state index in [1.54, 1.807) is 0 Å². The standard InChI is InChI=1S/C14H26N2O3S/c1-8-9-7-10(14(8,5)6)12(11(9)15-17)20(18,19)16-13(2,3)4/h8-10,12,16-17H,7H2,1-6H3. The van der Waals surface area contributed by atoms with Crippen LogP contribution in [0.4, 0.5) is 0 Å². The molecule has 0 aromatic heterocycles. The minimum Gasteiger partial charge on any atom is -0.411 e. The van der Waals surface area contributed by atoms with Crippen LogP contribution in [0.2, 0.25) is 0 Å². The van der Waals surface area contributed by atoms with Gasteiger partial charge in [0.2, 0.25) is 10.0 Å². The van der Waals surface area contributed by atoms with Gasteiger partial charge >= 0.3 is 0 Å². The van der Waals surface area contributed by atoms with E-state index in [4.69, 9.17) is 0 Å². The molecule has 20 heavy (non-hydrogen) atoms. The van der Waals surface area contributed by atoms with Gasteiger partial charge in [0.25, 0.3) is 0 Å². The number of hydrogen-bond donors (Lipinski definition) is 2. The molecule has 2 fully saturated rings. The van der Waals surface area contributed by atoms with E-state index >= 15 is 0 Å². The quantitative estimate of drug-likeness (QED) is 0.606. The lowest BCUT2D eigenvalue weighted by Gasteiger charge is -2.41. The molecule has 0 radical (unpaired) electrons. The molecule has 0 saturated heterocycles. The first-order valence-electron chi connectivity index (χ1n) is 7.16. The van der Waals surface area contributed by atoms with Crippen molar-refractivity contribution >= 4 is 15.7 Å². The second kappa shape index (κ2) is 4.44. The van der Waals surface area contributed by atoms with E-state index in [1.165, 1.54) is 0 Å². The molecular formula is C14H26N2O3S. The monoisotopic (exact) mass is 302 g/mol. The molecule has 2 aliphatic rings. The van der Waals surface area contributed by atoms with Crippen LogP contribution in [-0.4, -0.2) is 30.1 Å². The Morgan fingerprint density at radius 1 is 1.35 bits per heavy atom. The summed E-state index contributed by atoms with van der Waals surface area (Å²) >= 11 is 0. The zero-order chi connectivity index (χ0) is 15.5. The normalized spacial score (nSPS) is 38.6. The van der Waals surface area contributed by atoms with Crippen LogP contribution in [0.15, 0.2) is 5.16 Å². The molecule has 0 aromatic rings. The Morgan fingerprint density at radius 2 is 1.90 bits per heavy atom. The summed E-state index contributed by atoms with van der Waals surface area (Å²) in [5, 5.41) is 12.0. The number of rotatable bonds is 2.